The molecule has 1 N–H and O–H groups in total. The maximum atomic E-state index is 12.5. The first kappa shape index (κ1) is 16.4. The van der Waals surface area contributed by atoms with E-state index in [4.69, 9.17) is 9.47 Å². The predicted molar refractivity (Wildman–Crippen MR) is 96.2 cm³/mol. The van der Waals surface area contributed by atoms with Crippen molar-refractivity contribution >= 4 is 27.5 Å². The topological polar surface area (TPSA) is 52.5 Å². The summed E-state index contributed by atoms with van der Waals surface area (Å²) in [5.41, 5.74) is 2.61. The van der Waals surface area contributed by atoms with Gasteiger partial charge < -0.3 is 19.4 Å². The molecule has 0 fully saturated rings. The van der Waals surface area contributed by atoms with Gasteiger partial charge in [0.15, 0.2) is 11.5 Å². The predicted octanol–water partition coefficient (Wildman–Crippen LogP) is 3.50. The van der Waals surface area contributed by atoms with Gasteiger partial charge in [-0.1, -0.05) is 12.1 Å². The van der Waals surface area contributed by atoms with E-state index in [1.807, 2.05) is 35.9 Å². The standard InChI is InChI=1S/C18H20N2O3S/c1-11-8-13-16(24-11)9-14(20(13)2)18(21)19-10-12-6-5-7-15(22-3)17(12)23-4/h5-9H,10H2,1-4H3,(H,19,21). The summed E-state index contributed by atoms with van der Waals surface area (Å²) in [5.74, 6) is 1.19. The number of amides is 1. The number of thiophene rings is 1. The lowest BCUT2D eigenvalue weighted by Gasteiger charge is -2.13. The summed E-state index contributed by atoms with van der Waals surface area (Å²) in [4.78, 5) is 13.8. The zero-order chi connectivity index (χ0) is 17.3. The van der Waals surface area contributed by atoms with Crippen molar-refractivity contribution in [1.82, 2.24) is 9.88 Å². The Morgan fingerprint density at radius 3 is 2.71 bits per heavy atom. The van der Waals surface area contributed by atoms with Gasteiger partial charge in [-0.05, 0) is 25.1 Å². The van der Waals surface area contributed by atoms with Crippen molar-refractivity contribution < 1.29 is 14.3 Å². The number of aryl methyl sites for hydroxylation is 2. The van der Waals surface area contributed by atoms with E-state index in [0.29, 0.717) is 23.7 Å². The summed E-state index contributed by atoms with van der Waals surface area (Å²) >= 11 is 1.69. The molecule has 0 aliphatic heterocycles. The smallest absolute Gasteiger partial charge is 0.268 e. The summed E-state index contributed by atoms with van der Waals surface area (Å²) in [6, 6.07) is 9.66. The van der Waals surface area contributed by atoms with Crippen LogP contribution in [-0.2, 0) is 13.6 Å². The van der Waals surface area contributed by atoms with E-state index in [9.17, 15) is 4.79 Å². The molecule has 0 radical (unpaired) electrons. The highest BCUT2D eigenvalue weighted by Crippen LogP contribution is 2.31. The second-order valence-corrected chi connectivity index (χ2v) is 6.82. The third-order valence-corrected chi connectivity index (χ3v) is 5.00. The van der Waals surface area contributed by atoms with E-state index in [1.165, 1.54) is 4.88 Å². The van der Waals surface area contributed by atoms with Gasteiger partial charge in [-0.15, -0.1) is 11.3 Å². The Balaban J connectivity index is 1.80. The van der Waals surface area contributed by atoms with Crippen LogP contribution in [0, 0.1) is 6.92 Å². The van der Waals surface area contributed by atoms with Gasteiger partial charge in [0.1, 0.15) is 5.69 Å². The van der Waals surface area contributed by atoms with Crippen molar-refractivity contribution in [3.63, 3.8) is 0 Å². The lowest BCUT2D eigenvalue weighted by Crippen LogP contribution is -2.25. The van der Waals surface area contributed by atoms with Gasteiger partial charge in [0.05, 0.1) is 24.4 Å². The molecular weight excluding hydrogens is 324 g/mol. The highest BCUT2D eigenvalue weighted by atomic mass is 32.1. The van der Waals surface area contributed by atoms with Crippen LogP contribution in [0.3, 0.4) is 0 Å². The second-order valence-electron chi connectivity index (χ2n) is 5.53. The van der Waals surface area contributed by atoms with E-state index in [0.717, 1.165) is 15.8 Å². The molecule has 0 saturated carbocycles. The highest BCUT2D eigenvalue weighted by molar-refractivity contribution is 7.19. The Kier molecular flexibility index (Phi) is 4.49. The molecule has 0 atom stereocenters. The van der Waals surface area contributed by atoms with Crippen molar-refractivity contribution in [2.45, 2.75) is 13.5 Å². The lowest BCUT2D eigenvalue weighted by molar-refractivity contribution is 0.0943. The molecule has 0 spiro atoms. The summed E-state index contributed by atoms with van der Waals surface area (Å²) in [5, 5.41) is 2.96. The second kappa shape index (κ2) is 6.57. The molecular formula is C18H20N2O3S. The number of rotatable bonds is 5. The average molecular weight is 344 g/mol. The van der Waals surface area contributed by atoms with Crippen LogP contribution in [0.4, 0.5) is 0 Å². The highest BCUT2D eigenvalue weighted by Gasteiger charge is 2.16. The van der Waals surface area contributed by atoms with Crippen molar-refractivity contribution in [3.8, 4) is 11.5 Å². The Morgan fingerprint density at radius 1 is 1.25 bits per heavy atom. The number of ether oxygens (including phenoxy) is 2. The largest absolute Gasteiger partial charge is 0.493 e. The van der Waals surface area contributed by atoms with E-state index in [-0.39, 0.29) is 5.91 Å². The van der Waals surface area contributed by atoms with Gasteiger partial charge in [0.2, 0.25) is 0 Å². The molecule has 6 heteroatoms. The SMILES string of the molecule is COc1cccc(CNC(=O)c2cc3sc(C)cc3n2C)c1OC. The number of benzene rings is 1. The molecule has 3 aromatic rings. The monoisotopic (exact) mass is 344 g/mol. The number of hydrogen-bond acceptors (Lipinski definition) is 4. The summed E-state index contributed by atoms with van der Waals surface area (Å²) < 4.78 is 13.7. The lowest BCUT2D eigenvalue weighted by atomic mass is 10.2. The normalized spacial score (nSPS) is 10.8. The number of carbonyl (C=O) groups is 1. The van der Waals surface area contributed by atoms with Crippen LogP contribution in [-0.4, -0.2) is 24.7 Å². The van der Waals surface area contributed by atoms with Crippen LogP contribution in [0.15, 0.2) is 30.3 Å². The van der Waals surface area contributed by atoms with E-state index >= 15 is 0 Å². The number of para-hydroxylation sites is 1. The zero-order valence-electron chi connectivity index (χ0n) is 14.2. The van der Waals surface area contributed by atoms with Gasteiger partial charge in [0.25, 0.3) is 5.91 Å². The average Bonchev–Trinajstić information content (AvgIpc) is 3.09. The fraction of sp³-hybridized carbons (Fsp3) is 0.278. The van der Waals surface area contributed by atoms with Gasteiger partial charge in [0, 0.05) is 24.0 Å². The maximum Gasteiger partial charge on any atom is 0.268 e. The third-order valence-electron chi connectivity index (χ3n) is 4.01. The molecule has 0 saturated heterocycles. The Hall–Kier alpha value is -2.47. The quantitative estimate of drug-likeness (QED) is 0.771. The summed E-state index contributed by atoms with van der Waals surface area (Å²) in [7, 11) is 5.10. The fourth-order valence-electron chi connectivity index (χ4n) is 2.81. The van der Waals surface area contributed by atoms with Crippen LogP contribution in [0.5, 0.6) is 11.5 Å². The number of hydrogen-bond donors (Lipinski definition) is 1. The number of methoxy groups -OCH3 is 2. The van der Waals surface area contributed by atoms with Crippen molar-refractivity contribution in [2.75, 3.05) is 14.2 Å². The first-order chi connectivity index (χ1) is 11.5. The van der Waals surface area contributed by atoms with Crippen molar-refractivity contribution in [3.05, 3.63) is 46.5 Å². The Morgan fingerprint density at radius 2 is 2.04 bits per heavy atom. The Labute approximate surface area is 144 Å². The summed E-state index contributed by atoms with van der Waals surface area (Å²) in [6.07, 6.45) is 0. The molecule has 5 nitrogen and oxygen atoms in total. The molecule has 3 rings (SSSR count). The van der Waals surface area contributed by atoms with Crippen LogP contribution >= 0.6 is 11.3 Å². The molecule has 1 amide bonds. The van der Waals surface area contributed by atoms with Crippen LogP contribution in [0.25, 0.3) is 10.2 Å². The molecule has 24 heavy (non-hydrogen) atoms. The minimum atomic E-state index is -0.108. The number of fused-ring (bicyclic) bond motifs is 1. The number of carbonyl (C=O) groups excluding carboxylic acids is 1. The van der Waals surface area contributed by atoms with E-state index < -0.39 is 0 Å². The van der Waals surface area contributed by atoms with Crippen LogP contribution in [0.1, 0.15) is 20.9 Å². The molecule has 0 aliphatic rings. The molecule has 126 valence electrons. The summed E-state index contributed by atoms with van der Waals surface area (Å²) in [6.45, 7) is 2.44. The van der Waals surface area contributed by atoms with Crippen molar-refractivity contribution in [1.29, 1.82) is 0 Å². The minimum absolute atomic E-state index is 0.108. The Bertz CT molecular complexity index is 895. The maximum absolute atomic E-state index is 12.5. The molecule has 0 unspecified atom stereocenters. The first-order valence-electron chi connectivity index (χ1n) is 7.59. The molecule has 1 aromatic carbocycles. The van der Waals surface area contributed by atoms with Crippen LogP contribution < -0.4 is 14.8 Å². The van der Waals surface area contributed by atoms with Gasteiger partial charge in [-0.2, -0.15) is 0 Å². The number of nitrogens with zero attached hydrogens (tertiary/aromatic N) is 1. The number of nitrogens with one attached hydrogen (secondary N) is 1. The molecule has 0 bridgehead atoms. The number of aromatic nitrogens is 1. The van der Waals surface area contributed by atoms with E-state index in [1.54, 1.807) is 25.6 Å². The van der Waals surface area contributed by atoms with Gasteiger partial charge in [-0.3, -0.25) is 4.79 Å². The third kappa shape index (κ3) is 2.85. The minimum Gasteiger partial charge on any atom is -0.493 e. The molecule has 2 aromatic heterocycles. The fourth-order valence-corrected chi connectivity index (χ4v) is 3.80. The molecule has 0 aliphatic carbocycles. The van der Waals surface area contributed by atoms with Crippen LogP contribution in [0.2, 0.25) is 0 Å². The molecule has 2 heterocycles. The zero-order valence-corrected chi connectivity index (χ0v) is 15.0. The van der Waals surface area contributed by atoms with Gasteiger partial charge >= 0.3 is 0 Å². The van der Waals surface area contributed by atoms with Crippen molar-refractivity contribution in [2.24, 2.45) is 7.05 Å². The van der Waals surface area contributed by atoms with E-state index in [2.05, 4.69) is 18.3 Å². The van der Waals surface area contributed by atoms with Gasteiger partial charge in [-0.25, -0.2) is 0 Å². The first-order valence-corrected chi connectivity index (χ1v) is 8.40.